The molecule has 1 saturated heterocycles. The second-order valence-corrected chi connectivity index (χ2v) is 4.41. The summed E-state index contributed by atoms with van der Waals surface area (Å²) in [5.41, 5.74) is 0.648. The number of benzene rings is 1. The highest BCUT2D eigenvalue weighted by molar-refractivity contribution is 5.82. The van der Waals surface area contributed by atoms with Crippen LogP contribution in [-0.2, 0) is 4.79 Å². The van der Waals surface area contributed by atoms with Gasteiger partial charge in [-0.2, -0.15) is 0 Å². The summed E-state index contributed by atoms with van der Waals surface area (Å²) in [7, 11) is 1.76. The van der Waals surface area contributed by atoms with Gasteiger partial charge in [0.15, 0.2) is 6.10 Å². The van der Waals surface area contributed by atoms with E-state index in [4.69, 9.17) is 0 Å². The van der Waals surface area contributed by atoms with Gasteiger partial charge in [-0.25, -0.2) is 0 Å². The lowest BCUT2D eigenvalue weighted by molar-refractivity contribution is -0.141. The molecule has 2 rings (SSSR count). The summed E-state index contributed by atoms with van der Waals surface area (Å²) in [5, 5.41) is 13.2. The lowest BCUT2D eigenvalue weighted by Crippen LogP contribution is -2.41. The van der Waals surface area contributed by atoms with Gasteiger partial charge in [0, 0.05) is 19.6 Å². The Hall–Kier alpha value is -1.39. The van der Waals surface area contributed by atoms with Gasteiger partial charge in [0.25, 0.3) is 5.91 Å². The Morgan fingerprint density at radius 2 is 2.18 bits per heavy atom. The first-order chi connectivity index (χ1) is 8.20. The quantitative estimate of drug-likeness (QED) is 0.802. The minimum absolute atomic E-state index is 0.195. The number of aliphatic hydroxyl groups excluding tert-OH is 1. The molecule has 17 heavy (non-hydrogen) atoms. The van der Waals surface area contributed by atoms with Crippen LogP contribution in [-0.4, -0.2) is 42.1 Å². The first-order valence-corrected chi connectivity index (χ1v) is 5.90. The maximum atomic E-state index is 12.1. The SMILES string of the molecule is CN(C(=O)C(O)c1ccccc1)C1CCNC1. The van der Waals surface area contributed by atoms with Crippen molar-refractivity contribution in [2.45, 2.75) is 18.6 Å². The van der Waals surface area contributed by atoms with E-state index >= 15 is 0 Å². The molecule has 1 aromatic rings. The molecular formula is C13H18N2O2. The van der Waals surface area contributed by atoms with Crippen LogP contribution >= 0.6 is 0 Å². The average molecular weight is 234 g/mol. The first kappa shape index (κ1) is 12.1. The van der Waals surface area contributed by atoms with Crippen LogP contribution in [0, 0.1) is 0 Å². The average Bonchev–Trinajstić information content (AvgIpc) is 2.91. The lowest BCUT2D eigenvalue weighted by atomic mass is 10.1. The summed E-state index contributed by atoms with van der Waals surface area (Å²) in [4.78, 5) is 13.7. The van der Waals surface area contributed by atoms with Crippen molar-refractivity contribution in [2.24, 2.45) is 0 Å². The van der Waals surface area contributed by atoms with Crippen molar-refractivity contribution in [1.82, 2.24) is 10.2 Å². The molecule has 2 unspecified atom stereocenters. The van der Waals surface area contributed by atoms with Gasteiger partial charge in [-0.1, -0.05) is 30.3 Å². The number of hydrogen-bond acceptors (Lipinski definition) is 3. The Morgan fingerprint density at radius 3 is 2.76 bits per heavy atom. The molecule has 0 bridgehead atoms. The van der Waals surface area contributed by atoms with Crippen LogP contribution in [0.15, 0.2) is 30.3 Å². The number of nitrogens with zero attached hydrogens (tertiary/aromatic N) is 1. The summed E-state index contributed by atoms with van der Waals surface area (Å²) in [6.45, 7) is 1.74. The highest BCUT2D eigenvalue weighted by atomic mass is 16.3. The summed E-state index contributed by atoms with van der Waals surface area (Å²) in [6.07, 6.45) is -0.106. The summed E-state index contributed by atoms with van der Waals surface area (Å²) < 4.78 is 0. The molecule has 1 aliphatic rings. The van der Waals surface area contributed by atoms with E-state index in [1.807, 2.05) is 18.2 Å². The third-order valence-electron chi connectivity index (χ3n) is 3.28. The molecule has 4 heteroatoms. The highest BCUT2D eigenvalue weighted by Crippen LogP contribution is 2.17. The Kier molecular flexibility index (Phi) is 3.76. The fraction of sp³-hybridized carbons (Fsp3) is 0.462. The molecule has 0 aromatic heterocycles. The number of amides is 1. The number of aliphatic hydroxyl groups is 1. The third kappa shape index (κ3) is 2.65. The van der Waals surface area contributed by atoms with E-state index in [1.165, 1.54) is 0 Å². The van der Waals surface area contributed by atoms with Gasteiger partial charge in [0.05, 0.1) is 0 Å². The second-order valence-electron chi connectivity index (χ2n) is 4.41. The molecule has 1 aliphatic heterocycles. The third-order valence-corrected chi connectivity index (χ3v) is 3.28. The summed E-state index contributed by atoms with van der Waals surface area (Å²) >= 11 is 0. The number of likely N-dealkylation sites (N-methyl/N-ethyl adjacent to an activating group) is 1. The van der Waals surface area contributed by atoms with E-state index < -0.39 is 6.10 Å². The predicted molar refractivity (Wildman–Crippen MR) is 65.4 cm³/mol. The van der Waals surface area contributed by atoms with Crippen LogP contribution in [0.4, 0.5) is 0 Å². The van der Waals surface area contributed by atoms with Gasteiger partial charge in [-0.3, -0.25) is 4.79 Å². The van der Waals surface area contributed by atoms with Crippen molar-refractivity contribution in [1.29, 1.82) is 0 Å². The molecule has 1 aromatic carbocycles. The zero-order valence-corrected chi connectivity index (χ0v) is 9.97. The molecule has 1 amide bonds. The van der Waals surface area contributed by atoms with Crippen molar-refractivity contribution in [3.8, 4) is 0 Å². The fourth-order valence-corrected chi connectivity index (χ4v) is 2.12. The van der Waals surface area contributed by atoms with Gasteiger partial charge in [-0.15, -0.1) is 0 Å². The van der Waals surface area contributed by atoms with Gasteiger partial charge in [0.2, 0.25) is 0 Å². The van der Waals surface area contributed by atoms with Crippen LogP contribution < -0.4 is 5.32 Å². The molecule has 2 N–H and O–H groups in total. The van der Waals surface area contributed by atoms with Crippen molar-refractivity contribution in [3.05, 3.63) is 35.9 Å². The Labute approximate surface area is 101 Å². The minimum Gasteiger partial charge on any atom is -0.378 e. The number of carbonyl (C=O) groups is 1. The Balaban J connectivity index is 2.04. The molecule has 92 valence electrons. The number of carbonyl (C=O) groups excluding carboxylic acids is 1. The molecule has 1 fully saturated rings. The lowest BCUT2D eigenvalue weighted by Gasteiger charge is -2.26. The van der Waals surface area contributed by atoms with E-state index in [0.717, 1.165) is 19.5 Å². The van der Waals surface area contributed by atoms with Crippen LogP contribution in [0.25, 0.3) is 0 Å². The van der Waals surface area contributed by atoms with Crippen LogP contribution in [0.2, 0.25) is 0 Å². The number of rotatable bonds is 3. The summed E-state index contributed by atoms with van der Waals surface area (Å²) in [5.74, 6) is -0.232. The number of hydrogen-bond donors (Lipinski definition) is 2. The first-order valence-electron chi connectivity index (χ1n) is 5.90. The monoisotopic (exact) mass is 234 g/mol. The second kappa shape index (κ2) is 5.29. The Bertz CT molecular complexity index is 374. The molecule has 2 atom stereocenters. The standard InChI is InChI=1S/C13H18N2O2/c1-15(11-7-8-14-9-11)13(17)12(16)10-5-3-2-4-6-10/h2-6,11-12,14,16H,7-9H2,1H3. The van der Waals surface area contributed by atoms with Crippen molar-refractivity contribution >= 4 is 5.91 Å². The van der Waals surface area contributed by atoms with E-state index in [1.54, 1.807) is 24.1 Å². The van der Waals surface area contributed by atoms with Crippen LogP contribution in [0.1, 0.15) is 18.1 Å². The zero-order chi connectivity index (χ0) is 12.3. The van der Waals surface area contributed by atoms with E-state index in [2.05, 4.69) is 5.32 Å². The molecule has 0 saturated carbocycles. The van der Waals surface area contributed by atoms with E-state index in [-0.39, 0.29) is 11.9 Å². The van der Waals surface area contributed by atoms with Crippen molar-refractivity contribution in [2.75, 3.05) is 20.1 Å². The molecule has 0 spiro atoms. The van der Waals surface area contributed by atoms with Gasteiger partial charge in [0.1, 0.15) is 0 Å². The fourth-order valence-electron chi connectivity index (χ4n) is 2.12. The molecular weight excluding hydrogens is 216 g/mol. The highest BCUT2D eigenvalue weighted by Gasteiger charge is 2.28. The van der Waals surface area contributed by atoms with E-state index in [0.29, 0.717) is 5.56 Å². The van der Waals surface area contributed by atoms with Crippen LogP contribution in [0.3, 0.4) is 0 Å². The van der Waals surface area contributed by atoms with Gasteiger partial charge < -0.3 is 15.3 Å². The van der Waals surface area contributed by atoms with E-state index in [9.17, 15) is 9.90 Å². The normalized spacial score (nSPS) is 21.2. The minimum atomic E-state index is -1.05. The van der Waals surface area contributed by atoms with Crippen LogP contribution in [0.5, 0.6) is 0 Å². The molecule has 1 heterocycles. The smallest absolute Gasteiger partial charge is 0.256 e. The molecule has 0 radical (unpaired) electrons. The summed E-state index contributed by atoms with van der Waals surface area (Å²) in [6, 6.07) is 9.24. The topological polar surface area (TPSA) is 52.6 Å². The van der Waals surface area contributed by atoms with Crippen molar-refractivity contribution in [3.63, 3.8) is 0 Å². The zero-order valence-electron chi connectivity index (χ0n) is 9.97. The van der Waals surface area contributed by atoms with Crippen molar-refractivity contribution < 1.29 is 9.90 Å². The predicted octanol–water partition coefficient (Wildman–Crippen LogP) is 0.540. The maximum absolute atomic E-state index is 12.1. The van der Waals surface area contributed by atoms with Gasteiger partial charge in [-0.05, 0) is 18.5 Å². The molecule has 0 aliphatic carbocycles. The maximum Gasteiger partial charge on any atom is 0.256 e. The largest absolute Gasteiger partial charge is 0.378 e. The van der Waals surface area contributed by atoms with Gasteiger partial charge >= 0.3 is 0 Å². The Morgan fingerprint density at radius 1 is 1.47 bits per heavy atom. The number of nitrogens with one attached hydrogen (secondary N) is 1. The molecule has 4 nitrogen and oxygen atoms in total.